The molecule has 0 unspecified atom stereocenters. The van der Waals surface area contributed by atoms with Crippen molar-refractivity contribution < 1.29 is 9.13 Å². The molecule has 0 fully saturated rings. The number of halogens is 2. The van der Waals surface area contributed by atoms with Gasteiger partial charge in [-0.05, 0) is 26.0 Å². The van der Waals surface area contributed by atoms with Gasteiger partial charge >= 0.3 is 0 Å². The van der Waals surface area contributed by atoms with E-state index >= 15 is 0 Å². The van der Waals surface area contributed by atoms with Gasteiger partial charge in [0.1, 0.15) is 5.82 Å². The topological polar surface area (TPSA) is 21.3 Å². The zero-order valence-electron chi connectivity index (χ0n) is 8.89. The Kier molecular flexibility index (Phi) is 4.85. The number of hydrogen-bond acceptors (Lipinski definition) is 2. The van der Waals surface area contributed by atoms with Crippen LogP contribution in [-0.2, 0) is 4.74 Å². The summed E-state index contributed by atoms with van der Waals surface area (Å²) >= 11 is 5.83. The highest BCUT2D eigenvalue weighted by Crippen LogP contribution is 2.24. The fourth-order valence-electron chi connectivity index (χ4n) is 1.14. The molecule has 0 spiro atoms. The van der Waals surface area contributed by atoms with Crippen molar-refractivity contribution in [2.45, 2.75) is 20.0 Å². The van der Waals surface area contributed by atoms with E-state index in [9.17, 15) is 4.39 Å². The minimum absolute atomic E-state index is 0.183. The number of nitrogens with one attached hydrogen (secondary N) is 1. The van der Waals surface area contributed by atoms with Gasteiger partial charge in [0.05, 0.1) is 23.4 Å². The summed E-state index contributed by atoms with van der Waals surface area (Å²) in [5.41, 5.74) is 0.339. The first-order chi connectivity index (χ1) is 7.11. The lowest BCUT2D eigenvalue weighted by Crippen LogP contribution is -2.14. The van der Waals surface area contributed by atoms with Crippen LogP contribution in [0.4, 0.5) is 10.1 Å². The Morgan fingerprint density at radius 1 is 1.47 bits per heavy atom. The van der Waals surface area contributed by atoms with Gasteiger partial charge in [0.25, 0.3) is 0 Å². The van der Waals surface area contributed by atoms with E-state index in [1.54, 1.807) is 12.1 Å². The van der Waals surface area contributed by atoms with Gasteiger partial charge in [-0.1, -0.05) is 17.7 Å². The number of benzene rings is 1. The molecule has 0 aliphatic heterocycles. The van der Waals surface area contributed by atoms with Crippen molar-refractivity contribution in [1.29, 1.82) is 0 Å². The third-order valence-corrected chi connectivity index (χ3v) is 2.13. The minimum atomic E-state index is -0.341. The van der Waals surface area contributed by atoms with Crippen molar-refractivity contribution in [3.8, 4) is 0 Å². The van der Waals surface area contributed by atoms with Crippen molar-refractivity contribution in [1.82, 2.24) is 0 Å². The molecule has 1 aromatic carbocycles. The van der Waals surface area contributed by atoms with E-state index in [4.69, 9.17) is 16.3 Å². The van der Waals surface area contributed by atoms with Crippen molar-refractivity contribution in [2.24, 2.45) is 0 Å². The van der Waals surface area contributed by atoms with Crippen LogP contribution in [-0.4, -0.2) is 19.3 Å². The summed E-state index contributed by atoms with van der Waals surface area (Å²) in [4.78, 5) is 0. The average molecular weight is 232 g/mol. The zero-order chi connectivity index (χ0) is 11.3. The van der Waals surface area contributed by atoms with Crippen molar-refractivity contribution in [3.63, 3.8) is 0 Å². The van der Waals surface area contributed by atoms with Crippen molar-refractivity contribution in [2.75, 3.05) is 18.5 Å². The third-order valence-electron chi connectivity index (χ3n) is 1.82. The molecule has 0 radical (unpaired) electrons. The number of para-hydroxylation sites is 1. The quantitative estimate of drug-likeness (QED) is 0.785. The van der Waals surface area contributed by atoms with Crippen LogP contribution in [0.15, 0.2) is 18.2 Å². The Morgan fingerprint density at radius 2 is 2.20 bits per heavy atom. The molecule has 4 heteroatoms. The Bertz CT molecular complexity index is 297. The maximum Gasteiger partial charge on any atom is 0.147 e. The summed E-state index contributed by atoms with van der Waals surface area (Å²) < 4.78 is 18.6. The highest BCUT2D eigenvalue weighted by molar-refractivity contribution is 6.33. The second-order valence-corrected chi connectivity index (χ2v) is 3.85. The summed E-state index contributed by atoms with van der Waals surface area (Å²) in [6.45, 7) is 4.98. The van der Waals surface area contributed by atoms with E-state index in [1.165, 1.54) is 6.07 Å². The van der Waals surface area contributed by atoms with E-state index in [0.29, 0.717) is 23.9 Å². The number of rotatable bonds is 5. The molecule has 1 rings (SSSR count). The van der Waals surface area contributed by atoms with Crippen molar-refractivity contribution in [3.05, 3.63) is 29.0 Å². The number of anilines is 1. The Morgan fingerprint density at radius 3 is 2.80 bits per heavy atom. The SMILES string of the molecule is CC(C)OCCNc1c(F)cccc1Cl. The predicted octanol–water partition coefficient (Wildman–Crippen LogP) is 3.32. The van der Waals surface area contributed by atoms with Crippen LogP contribution in [0.2, 0.25) is 5.02 Å². The van der Waals surface area contributed by atoms with Crippen LogP contribution in [0.1, 0.15) is 13.8 Å². The average Bonchev–Trinajstić information content (AvgIpc) is 2.15. The first-order valence-electron chi connectivity index (χ1n) is 4.90. The molecule has 1 N–H and O–H groups in total. The lowest BCUT2D eigenvalue weighted by molar-refractivity contribution is 0.0870. The highest BCUT2D eigenvalue weighted by atomic mass is 35.5. The molecule has 84 valence electrons. The molecule has 2 nitrogen and oxygen atoms in total. The molecule has 15 heavy (non-hydrogen) atoms. The van der Waals surface area contributed by atoms with Gasteiger partial charge in [0, 0.05) is 6.54 Å². The van der Waals surface area contributed by atoms with Gasteiger partial charge in [-0.3, -0.25) is 0 Å². The highest BCUT2D eigenvalue weighted by Gasteiger charge is 2.05. The molecule has 0 amide bonds. The maximum atomic E-state index is 13.2. The lowest BCUT2D eigenvalue weighted by atomic mass is 10.3. The standard InChI is InChI=1S/C11H15ClFNO/c1-8(2)15-7-6-14-11-9(12)4-3-5-10(11)13/h3-5,8,14H,6-7H2,1-2H3. The summed E-state index contributed by atoms with van der Waals surface area (Å²) in [6.07, 6.45) is 0.183. The molecule has 0 atom stereocenters. The van der Waals surface area contributed by atoms with Gasteiger partial charge in [-0.15, -0.1) is 0 Å². The molecule has 1 aromatic rings. The molecule has 0 aliphatic rings. The number of hydrogen-bond donors (Lipinski definition) is 1. The summed E-state index contributed by atoms with van der Waals surface area (Å²) in [7, 11) is 0. The number of ether oxygens (including phenoxy) is 1. The molecule has 0 aliphatic carbocycles. The van der Waals surface area contributed by atoms with Crippen LogP contribution < -0.4 is 5.32 Å². The second kappa shape index (κ2) is 5.93. The predicted molar refractivity (Wildman–Crippen MR) is 61.0 cm³/mol. The fraction of sp³-hybridized carbons (Fsp3) is 0.455. The monoisotopic (exact) mass is 231 g/mol. The molecular weight excluding hydrogens is 217 g/mol. The van der Waals surface area contributed by atoms with Gasteiger partial charge in [0.2, 0.25) is 0 Å². The lowest BCUT2D eigenvalue weighted by Gasteiger charge is -2.11. The van der Waals surface area contributed by atoms with Crippen LogP contribution in [0, 0.1) is 5.82 Å². The van der Waals surface area contributed by atoms with Gasteiger partial charge < -0.3 is 10.1 Å². The van der Waals surface area contributed by atoms with E-state index in [0.717, 1.165) is 0 Å². The second-order valence-electron chi connectivity index (χ2n) is 3.44. The first-order valence-corrected chi connectivity index (χ1v) is 5.28. The maximum absolute atomic E-state index is 13.2. The minimum Gasteiger partial charge on any atom is -0.379 e. The fourth-order valence-corrected chi connectivity index (χ4v) is 1.37. The largest absolute Gasteiger partial charge is 0.379 e. The summed E-state index contributed by atoms with van der Waals surface area (Å²) in [5.74, 6) is -0.341. The van der Waals surface area contributed by atoms with Gasteiger partial charge in [0.15, 0.2) is 0 Å². The van der Waals surface area contributed by atoms with Crippen molar-refractivity contribution >= 4 is 17.3 Å². The zero-order valence-corrected chi connectivity index (χ0v) is 9.64. The van der Waals surface area contributed by atoms with Gasteiger partial charge in [-0.25, -0.2) is 4.39 Å². The van der Waals surface area contributed by atoms with E-state index in [2.05, 4.69) is 5.32 Å². The Hall–Kier alpha value is -0.800. The van der Waals surface area contributed by atoms with E-state index < -0.39 is 0 Å². The molecule has 0 heterocycles. The van der Waals surface area contributed by atoms with Crippen LogP contribution >= 0.6 is 11.6 Å². The van der Waals surface area contributed by atoms with Crippen LogP contribution in [0.5, 0.6) is 0 Å². The van der Waals surface area contributed by atoms with E-state index in [-0.39, 0.29) is 11.9 Å². The Labute approximate surface area is 94.4 Å². The normalized spacial score (nSPS) is 10.7. The molecule has 0 saturated heterocycles. The van der Waals surface area contributed by atoms with Crippen LogP contribution in [0.3, 0.4) is 0 Å². The molecule has 0 aromatic heterocycles. The summed E-state index contributed by atoms with van der Waals surface area (Å²) in [5, 5.41) is 3.29. The first kappa shape index (κ1) is 12.3. The molecular formula is C11H15ClFNO. The van der Waals surface area contributed by atoms with Gasteiger partial charge in [-0.2, -0.15) is 0 Å². The third kappa shape index (κ3) is 4.06. The van der Waals surface area contributed by atoms with E-state index in [1.807, 2.05) is 13.8 Å². The Balaban J connectivity index is 2.43. The van der Waals surface area contributed by atoms with Crippen LogP contribution in [0.25, 0.3) is 0 Å². The molecule has 0 saturated carbocycles. The summed E-state index contributed by atoms with van der Waals surface area (Å²) in [6, 6.07) is 4.60. The molecule has 0 bridgehead atoms. The smallest absolute Gasteiger partial charge is 0.147 e.